The van der Waals surface area contributed by atoms with Gasteiger partial charge < -0.3 is 29.7 Å². The zero-order valence-corrected chi connectivity index (χ0v) is 21.6. The van der Waals surface area contributed by atoms with Crippen molar-refractivity contribution in [1.82, 2.24) is 19.8 Å². The van der Waals surface area contributed by atoms with Crippen LogP contribution in [0.4, 0.5) is 0 Å². The third-order valence-electron chi connectivity index (χ3n) is 6.93. The first-order valence-corrected chi connectivity index (χ1v) is 12.5. The van der Waals surface area contributed by atoms with Gasteiger partial charge in [0, 0.05) is 32.1 Å². The van der Waals surface area contributed by atoms with E-state index in [2.05, 4.69) is 14.7 Å². The maximum absolute atomic E-state index is 12.9. The summed E-state index contributed by atoms with van der Waals surface area (Å²) in [5, 5.41) is 0. The van der Waals surface area contributed by atoms with E-state index in [-0.39, 0.29) is 25.2 Å². The van der Waals surface area contributed by atoms with Crippen LogP contribution in [0.3, 0.4) is 0 Å². The summed E-state index contributed by atoms with van der Waals surface area (Å²) in [7, 11) is 3.00. The molecular formula is C28H29N5O6. The second-order valence-electron chi connectivity index (χ2n) is 9.47. The number of hydrogen-bond acceptors (Lipinski definition) is 9. The Balaban J connectivity index is 0.000000201. The molecular weight excluding hydrogens is 502 g/mol. The Morgan fingerprint density at radius 1 is 1.15 bits per heavy atom. The van der Waals surface area contributed by atoms with Crippen LogP contribution in [0, 0.1) is 0 Å². The van der Waals surface area contributed by atoms with Crippen LogP contribution in [0.15, 0.2) is 61.1 Å². The van der Waals surface area contributed by atoms with Crippen molar-refractivity contribution in [2.45, 2.75) is 31.0 Å². The molecule has 5 heterocycles. The molecule has 6 rings (SSSR count). The summed E-state index contributed by atoms with van der Waals surface area (Å²) < 4.78 is 15.4. The minimum absolute atomic E-state index is 0.0372. The molecule has 0 radical (unpaired) electrons. The number of amides is 2. The first-order chi connectivity index (χ1) is 18.9. The molecule has 1 fully saturated rings. The largest absolute Gasteiger partial charge is 0.468 e. The summed E-state index contributed by atoms with van der Waals surface area (Å²) in [6, 6.07) is 11.6. The normalized spacial score (nSPS) is 19.9. The Labute approximate surface area is 225 Å². The number of rotatable bonds is 4. The Hall–Kier alpha value is -4.51. The molecule has 3 aromatic rings. The van der Waals surface area contributed by atoms with Gasteiger partial charge >= 0.3 is 5.97 Å². The molecule has 202 valence electrons. The first-order valence-electron chi connectivity index (χ1n) is 12.5. The highest BCUT2D eigenvalue weighted by molar-refractivity contribution is 5.96. The molecule has 2 amide bonds. The topological polar surface area (TPSA) is 137 Å². The van der Waals surface area contributed by atoms with Crippen molar-refractivity contribution in [2.24, 2.45) is 5.73 Å². The van der Waals surface area contributed by atoms with E-state index in [9.17, 15) is 14.4 Å². The van der Waals surface area contributed by atoms with Crippen molar-refractivity contribution < 1.29 is 28.6 Å². The average Bonchev–Trinajstić information content (AvgIpc) is 3.43. The zero-order valence-electron chi connectivity index (χ0n) is 21.6. The van der Waals surface area contributed by atoms with E-state index in [0.29, 0.717) is 24.3 Å². The molecule has 11 nitrogen and oxygen atoms in total. The molecule has 0 spiro atoms. The molecule has 0 saturated carbocycles. The van der Waals surface area contributed by atoms with Gasteiger partial charge in [0.15, 0.2) is 11.5 Å². The van der Waals surface area contributed by atoms with Crippen molar-refractivity contribution in [3.8, 4) is 11.5 Å². The van der Waals surface area contributed by atoms with Crippen LogP contribution in [0.1, 0.15) is 28.4 Å². The highest BCUT2D eigenvalue weighted by Gasteiger charge is 2.46. The summed E-state index contributed by atoms with van der Waals surface area (Å²) in [5.74, 6) is 0.822. The summed E-state index contributed by atoms with van der Waals surface area (Å²) in [6.45, 7) is 0.269. The fourth-order valence-electron chi connectivity index (χ4n) is 5.04. The zero-order chi connectivity index (χ0) is 27.5. The molecule has 11 heteroatoms. The van der Waals surface area contributed by atoms with Gasteiger partial charge in [-0.05, 0) is 47.4 Å². The quantitative estimate of drug-likeness (QED) is 0.493. The van der Waals surface area contributed by atoms with Gasteiger partial charge in [-0.1, -0.05) is 18.2 Å². The lowest BCUT2D eigenvalue weighted by Gasteiger charge is -2.46. The van der Waals surface area contributed by atoms with E-state index < -0.39 is 24.1 Å². The minimum Gasteiger partial charge on any atom is -0.468 e. The van der Waals surface area contributed by atoms with Gasteiger partial charge in [-0.3, -0.25) is 24.4 Å². The molecule has 3 atom stereocenters. The maximum Gasteiger partial charge on any atom is 0.322 e. The fourth-order valence-corrected chi connectivity index (χ4v) is 5.04. The summed E-state index contributed by atoms with van der Waals surface area (Å²) in [4.78, 5) is 48.2. The lowest BCUT2D eigenvalue weighted by atomic mass is 9.86. The molecule has 0 aliphatic carbocycles. The number of hydrogen-bond donors (Lipinski definition) is 1. The predicted octanol–water partition coefficient (Wildman–Crippen LogP) is 1.25. The minimum atomic E-state index is -0.603. The molecule has 1 unspecified atom stereocenters. The number of carbonyl (C=O) groups excluding carboxylic acids is 3. The van der Waals surface area contributed by atoms with Gasteiger partial charge in [-0.25, -0.2) is 0 Å². The van der Waals surface area contributed by atoms with Gasteiger partial charge in [-0.15, -0.1) is 0 Å². The summed E-state index contributed by atoms with van der Waals surface area (Å²) in [5.41, 5.74) is 9.16. The number of methoxy groups -OCH3 is 1. The van der Waals surface area contributed by atoms with Crippen LogP contribution < -0.4 is 15.2 Å². The molecule has 1 saturated heterocycles. The Morgan fingerprint density at radius 3 is 2.72 bits per heavy atom. The van der Waals surface area contributed by atoms with E-state index in [1.54, 1.807) is 36.6 Å². The molecule has 3 aliphatic heterocycles. The highest BCUT2D eigenvalue weighted by atomic mass is 16.7. The second kappa shape index (κ2) is 11.1. The monoisotopic (exact) mass is 531 g/mol. The Kier molecular flexibility index (Phi) is 7.42. The van der Waals surface area contributed by atoms with Crippen molar-refractivity contribution in [3.63, 3.8) is 0 Å². The van der Waals surface area contributed by atoms with Crippen LogP contribution in [-0.4, -0.2) is 77.1 Å². The number of fused-ring (bicyclic) bond motifs is 3. The SMILES string of the molecule is CN1CC(=O)N2[C@H](c3ccc4c(c3)OCO4)c3ncccc3C[C@@H]2C1=O.COC(=O)C(N)Cc1cccnc1. The van der Waals surface area contributed by atoms with E-state index >= 15 is 0 Å². The van der Waals surface area contributed by atoms with Gasteiger partial charge in [0.25, 0.3) is 0 Å². The number of ether oxygens (including phenoxy) is 3. The van der Waals surface area contributed by atoms with Gasteiger partial charge in [0.1, 0.15) is 18.1 Å². The van der Waals surface area contributed by atoms with Gasteiger partial charge in [-0.2, -0.15) is 0 Å². The van der Waals surface area contributed by atoms with E-state index in [4.69, 9.17) is 15.2 Å². The lowest BCUT2D eigenvalue weighted by Crippen LogP contribution is -2.62. The number of aromatic nitrogens is 2. The number of likely N-dealkylation sites (N-methyl/N-ethyl adjacent to an activating group) is 1. The van der Waals surface area contributed by atoms with Crippen molar-refractivity contribution in [2.75, 3.05) is 27.5 Å². The molecule has 1 aromatic carbocycles. The van der Waals surface area contributed by atoms with Crippen molar-refractivity contribution >= 4 is 17.8 Å². The highest BCUT2D eigenvalue weighted by Crippen LogP contribution is 2.42. The van der Waals surface area contributed by atoms with E-state index in [1.807, 2.05) is 36.4 Å². The van der Waals surface area contributed by atoms with Gasteiger partial charge in [0.05, 0.1) is 19.3 Å². The van der Waals surface area contributed by atoms with Crippen molar-refractivity contribution in [1.29, 1.82) is 0 Å². The predicted molar refractivity (Wildman–Crippen MR) is 139 cm³/mol. The Morgan fingerprint density at radius 2 is 1.95 bits per heavy atom. The van der Waals surface area contributed by atoms with E-state index in [0.717, 1.165) is 22.4 Å². The van der Waals surface area contributed by atoms with Crippen LogP contribution in [0.5, 0.6) is 11.5 Å². The number of benzene rings is 1. The van der Waals surface area contributed by atoms with Crippen LogP contribution >= 0.6 is 0 Å². The third-order valence-corrected chi connectivity index (χ3v) is 6.93. The summed E-state index contributed by atoms with van der Waals surface area (Å²) >= 11 is 0. The molecule has 3 aliphatic rings. The standard InChI is InChI=1S/C19H17N3O4.C9H12N2O2/c1-21-9-16(23)22-13(19(21)24)7-11-3-2-6-20-17(11)18(22)12-4-5-14-15(8-12)26-10-25-14;1-13-9(12)8(10)5-7-3-2-4-11-6-7/h2-6,8,13,18H,7,9-10H2,1H3;2-4,6,8H,5,10H2,1H3/t13-,18-;/m1./s1. The summed E-state index contributed by atoms with van der Waals surface area (Å²) in [6.07, 6.45) is 6.02. The first kappa shape index (κ1) is 26.1. The number of nitrogens with two attached hydrogens (primary N) is 1. The maximum atomic E-state index is 12.9. The molecule has 2 aromatic heterocycles. The van der Waals surface area contributed by atoms with Crippen LogP contribution in [0.2, 0.25) is 0 Å². The lowest BCUT2D eigenvalue weighted by molar-refractivity contribution is -0.157. The second-order valence-corrected chi connectivity index (χ2v) is 9.47. The average molecular weight is 532 g/mol. The van der Waals surface area contributed by atoms with Crippen LogP contribution in [0.25, 0.3) is 0 Å². The number of carbonyl (C=O) groups is 3. The van der Waals surface area contributed by atoms with Crippen molar-refractivity contribution in [3.05, 3.63) is 83.4 Å². The Bertz CT molecular complexity index is 1380. The smallest absolute Gasteiger partial charge is 0.322 e. The van der Waals surface area contributed by atoms with Crippen LogP contribution in [-0.2, 0) is 32.0 Å². The van der Waals surface area contributed by atoms with Gasteiger partial charge in [0.2, 0.25) is 18.6 Å². The number of nitrogens with zero attached hydrogens (tertiary/aromatic N) is 4. The molecule has 2 N–H and O–H groups in total. The number of piperazine rings is 1. The van der Waals surface area contributed by atoms with E-state index in [1.165, 1.54) is 12.0 Å². The number of esters is 1. The number of pyridine rings is 2. The molecule has 0 bridgehead atoms. The molecule has 39 heavy (non-hydrogen) atoms. The fraction of sp³-hybridized carbons (Fsp3) is 0.321. The third kappa shape index (κ3) is 5.26.